The van der Waals surface area contributed by atoms with Crippen LogP contribution in [0, 0.1) is 0 Å². The van der Waals surface area contributed by atoms with Gasteiger partial charge in [0.25, 0.3) is 0 Å². The fourth-order valence-corrected chi connectivity index (χ4v) is 3.12. The molecule has 1 aromatic heterocycles. The maximum Gasteiger partial charge on any atom is 0.311 e. The molecule has 0 aliphatic rings. The van der Waals surface area contributed by atoms with Crippen LogP contribution >= 0.6 is 27.3 Å². The third-order valence-corrected chi connectivity index (χ3v) is 4.61. The van der Waals surface area contributed by atoms with Crippen molar-refractivity contribution in [2.24, 2.45) is 5.10 Å². The summed E-state index contributed by atoms with van der Waals surface area (Å²) in [7, 11) is 1.59. The number of carbonyl (C=O) groups excluding carboxylic acids is 1. The summed E-state index contributed by atoms with van der Waals surface area (Å²) >= 11 is 4.85. The van der Waals surface area contributed by atoms with Gasteiger partial charge in [-0.3, -0.25) is 10.2 Å². The number of thiazole rings is 1. The number of nitrogens with zero attached hydrogens (tertiary/aromatic N) is 2. The van der Waals surface area contributed by atoms with Crippen LogP contribution in [0.2, 0.25) is 0 Å². The summed E-state index contributed by atoms with van der Waals surface area (Å²) in [5, 5.41) is 6.58. The van der Waals surface area contributed by atoms with E-state index < -0.39 is 0 Å². The Hall–Kier alpha value is -2.13. The highest BCUT2D eigenvalue weighted by molar-refractivity contribution is 9.10. The molecule has 0 saturated heterocycles. The Morgan fingerprint density at radius 1 is 1.35 bits per heavy atom. The van der Waals surface area contributed by atoms with E-state index in [0.29, 0.717) is 35.5 Å². The zero-order chi connectivity index (χ0) is 18.9. The van der Waals surface area contributed by atoms with Gasteiger partial charge in [-0.2, -0.15) is 5.10 Å². The summed E-state index contributed by atoms with van der Waals surface area (Å²) in [6, 6.07) is 3.67. The first kappa shape index (κ1) is 20.2. The highest BCUT2D eigenvalue weighted by atomic mass is 79.9. The number of halogens is 1. The first-order valence-electron chi connectivity index (χ1n) is 7.96. The van der Waals surface area contributed by atoms with Crippen LogP contribution in [0.3, 0.4) is 0 Å². The van der Waals surface area contributed by atoms with E-state index in [1.165, 1.54) is 11.3 Å². The molecule has 140 valence electrons. The molecular formula is C17H20BrN3O4S. The lowest BCUT2D eigenvalue weighted by Crippen LogP contribution is -2.07. The molecule has 26 heavy (non-hydrogen) atoms. The molecule has 0 aliphatic heterocycles. The monoisotopic (exact) mass is 441 g/mol. The van der Waals surface area contributed by atoms with Crippen LogP contribution in [0.4, 0.5) is 5.13 Å². The number of hydrazone groups is 1. The first-order chi connectivity index (χ1) is 12.6. The molecule has 2 rings (SSSR count). The highest BCUT2D eigenvalue weighted by Crippen LogP contribution is 2.32. The van der Waals surface area contributed by atoms with Crippen LogP contribution in [0.1, 0.15) is 25.1 Å². The molecule has 0 atom stereocenters. The minimum absolute atomic E-state index is 0.150. The Balaban J connectivity index is 2.03. The second-order valence-electron chi connectivity index (χ2n) is 4.95. The molecule has 1 heterocycles. The number of esters is 1. The zero-order valence-corrected chi connectivity index (χ0v) is 17.1. The fraction of sp³-hybridized carbons (Fsp3) is 0.353. The topological polar surface area (TPSA) is 82.0 Å². The molecule has 0 fully saturated rings. The van der Waals surface area contributed by atoms with Gasteiger partial charge in [0.15, 0.2) is 11.5 Å². The smallest absolute Gasteiger partial charge is 0.311 e. The van der Waals surface area contributed by atoms with Gasteiger partial charge in [-0.1, -0.05) is 0 Å². The minimum atomic E-state index is -0.293. The van der Waals surface area contributed by atoms with Crippen LogP contribution < -0.4 is 14.9 Å². The number of anilines is 1. The number of methoxy groups -OCH3 is 1. The second kappa shape index (κ2) is 10.1. The molecule has 0 amide bonds. The molecule has 1 aromatic carbocycles. The summed E-state index contributed by atoms with van der Waals surface area (Å²) in [4.78, 5) is 15.8. The zero-order valence-electron chi connectivity index (χ0n) is 14.7. The van der Waals surface area contributed by atoms with E-state index in [0.717, 1.165) is 10.0 Å². The quantitative estimate of drug-likeness (QED) is 0.361. The van der Waals surface area contributed by atoms with E-state index >= 15 is 0 Å². The average molecular weight is 442 g/mol. The lowest BCUT2D eigenvalue weighted by atomic mass is 10.2. The van der Waals surface area contributed by atoms with Gasteiger partial charge in [-0.05, 0) is 41.9 Å². The molecule has 0 aliphatic carbocycles. The van der Waals surface area contributed by atoms with E-state index in [1.54, 1.807) is 25.6 Å². The van der Waals surface area contributed by atoms with Crippen LogP contribution in [0.25, 0.3) is 0 Å². The molecule has 9 heteroatoms. The van der Waals surface area contributed by atoms with Crippen molar-refractivity contribution in [1.29, 1.82) is 0 Å². The van der Waals surface area contributed by atoms with Crippen molar-refractivity contribution >= 4 is 44.6 Å². The minimum Gasteiger partial charge on any atom is -0.493 e. The standard InChI is InChI=1S/C17H20BrN3O4S/c1-4-24-15-6-11(13(18)8-14(15)23-3)9-19-21-17-20-12(10-26-17)7-16(22)25-5-2/h6,8-10H,4-5,7H2,1-3H3,(H,20,21). The maximum absolute atomic E-state index is 11.5. The van der Waals surface area contributed by atoms with Gasteiger partial charge < -0.3 is 14.2 Å². The van der Waals surface area contributed by atoms with Crippen LogP contribution in [0.5, 0.6) is 11.5 Å². The molecule has 7 nitrogen and oxygen atoms in total. The number of hydrogen-bond donors (Lipinski definition) is 1. The van der Waals surface area contributed by atoms with Crippen molar-refractivity contribution in [3.05, 3.63) is 33.2 Å². The van der Waals surface area contributed by atoms with Gasteiger partial charge in [0.2, 0.25) is 5.13 Å². The van der Waals surface area contributed by atoms with Gasteiger partial charge in [-0.15, -0.1) is 11.3 Å². The molecule has 1 N–H and O–H groups in total. The van der Waals surface area contributed by atoms with E-state index in [4.69, 9.17) is 14.2 Å². The Kier molecular flexibility index (Phi) is 7.86. The van der Waals surface area contributed by atoms with Gasteiger partial charge in [0, 0.05) is 15.4 Å². The molecule has 0 saturated carbocycles. The SMILES string of the molecule is CCOC(=O)Cc1csc(NN=Cc2cc(OCC)c(OC)cc2Br)n1. The van der Waals surface area contributed by atoms with Crippen molar-refractivity contribution in [3.63, 3.8) is 0 Å². The third-order valence-electron chi connectivity index (χ3n) is 3.13. The van der Waals surface area contributed by atoms with Crippen molar-refractivity contribution in [2.75, 3.05) is 25.7 Å². The van der Waals surface area contributed by atoms with Crippen LogP contribution in [-0.4, -0.2) is 37.5 Å². The number of hydrogen-bond acceptors (Lipinski definition) is 8. The Labute approximate surface area is 164 Å². The van der Waals surface area contributed by atoms with Gasteiger partial charge in [0.1, 0.15) is 0 Å². The largest absolute Gasteiger partial charge is 0.493 e. The molecule has 0 spiro atoms. The third kappa shape index (κ3) is 5.70. The fourth-order valence-electron chi connectivity index (χ4n) is 2.03. The van der Waals surface area contributed by atoms with Gasteiger partial charge in [0.05, 0.1) is 38.7 Å². The summed E-state index contributed by atoms with van der Waals surface area (Å²) in [6.07, 6.45) is 1.80. The van der Waals surface area contributed by atoms with Gasteiger partial charge >= 0.3 is 5.97 Å². The van der Waals surface area contributed by atoms with E-state index in [9.17, 15) is 4.79 Å². The number of benzene rings is 1. The van der Waals surface area contributed by atoms with Crippen molar-refractivity contribution in [1.82, 2.24) is 4.98 Å². The predicted octanol–water partition coefficient (Wildman–Crippen LogP) is 3.86. The number of ether oxygens (including phenoxy) is 3. The number of aromatic nitrogens is 1. The maximum atomic E-state index is 11.5. The normalized spacial score (nSPS) is 10.8. The molecular weight excluding hydrogens is 422 g/mol. The average Bonchev–Trinajstić information content (AvgIpc) is 3.04. The number of carbonyl (C=O) groups is 1. The predicted molar refractivity (Wildman–Crippen MR) is 106 cm³/mol. The van der Waals surface area contributed by atoms with E-state index in [2.05, 4.69) is 31.4 Å². The summed E-state index contributed by atoms with van der Waals surface area (Å²) in [5.74, 6) is 0.997. The molecule has 2 aromatic rings. The van der Waals surface area contributed by atoms with Crippen molar-refractivity contribution in [2.45, 2.75) is 20.3 Å². The molecule has 0 bridgehead atoms. The van der Waals surface area contributed by atoms with Crippen molar-refractivity contribution in [3.8, 4) is 11.5 Å². The summed E-state index contributed by atoms with van der Waals surface area (Å²) in [5.41, 5.74) is 4.33. The lowest BCUT2D eigenvalue weighted by molar-refractivity contribution is -0.142. The summed E-state index contributed by atoms with van der Waals surface area (Å²) in [6.45, 7) is 4.58. The summed E-state index contributed by atoms with van der Waals surface area (Å²) < 4.78 is 16.6. The van der Waals surface area contributed by atoms with Crippen LogP contribution in [0.15, 0.2) is 27.1 Å². The number of rotatable bonds is 9. The molecule has 0 radical (unpaired) electrons. The van der Waals surface area contributed by atoms with Gasteiger partial charge in [-0.25, -0.2) is 4.98 Å². The van der Waals surface area contributed by atoms with Crippen molar-refractivity contribution < 1.29 is 19.0 Å². The van der Waals surface area contributed by atoms with Crippen LogP contribution in [-0.2, 0) is 16.0 Å². The Morgan fingerprint density at radius 2 is 2.15 bits per heavy atom. The Morgan fingerprint density at radius 3 is 2.85 bits per heavy atom. The highest BCUT2D eigenvalue weighted by Gasteiger charge is 2.10. The van der Waals surface area contributed by atoms with E-state index in [1.807, 2.05) is 19.1 Å². The first-order valence-corrected chi connectivity index (χ1v) is 9.64. The van der Waals surface area contributed by atoms with E-state index in [-0.39, 0.29) is 12.4 Å². The number of nitrogens with one attached hydrogen (secondary N) is 1. The molecule has 0 unspecified atom stereocenters. The Bertz CT molecular complexity index is 779. The lowest BCUT2D eigenvalue weighted by Gasteiger charge is -2.11. The second-order valence-corrected chi connectivity index (χ2v) is 6.67.